The molecule has 1 aliphatic heterocycles. The SMILES string of the molecule is O=S(=O)(CC1CCCCN1)Nc1ncccc1Br. The average Bonchev–Trinajstić information content (AvgIpc) is 2.32. The number of hydrogen-bond acceptors (Lipinski definition) is 4. The van der Waals surface area contributed by atoms with Crippen molar-refractivity contribution >= 4 is 31.8 Å². The van der Waals surface area contributed by atoms with Gasteiger partial charge in [0.05, 0.1) is 10.2 Å². The van der Waals surface area contributed by atoms with E-state index in [4.69, 9.17) is 0 Å². The quantitative estimate of drug-likeness (QED) is 0.880. The topological polar surface area (TPSA) is 71.1 Å². The Morgan fingerprint density at radius 2 is 2.33 bits per heavy atom. The number of anilines is 1. The lowest BCUT2D eigenvalue weighted by molar-refractivity contribution is 0.424. The second-order valence-corrected chi connectivity index (χ2v) is 6.99. The van der Waals surface area contributed by atoms with Crippen LogP contribution in [-0.4, -0.2) is 31.7 Å². The molecule has 0 radical (unpaired) electrons. The van der Waals surface area contributed by atoms with Gasteiger partial charge in [0, 0.05) is 12.2 Å². The molecule has 1 aromatic heterocycles. The monoisotopic (exact) mass is 333 g/mol. The summed E-state index contributed by atoms with van der Waals surface area (Å²) in [5.41, 5.74) is 0. The maximum Gasteiger partial charge on any atom is 0.235 e. The second-order valence-electron chi connectivity index (χ2n) is 4.36. The van der Waals surface area contributed by atoms with Crippen molar-refractivity contribution in [2.24, 2.45) is 0 Å². The van der Waals surface area contributed by atoms with Gasteiger partial charge in [-0.15, -0.1) is 0 Å². The van der Waals surface area contributed by atoms with Gasteiger partial charge in [-0.3, -0.25) is 4.72 Å². The van der Waals surface area contributed by atoms with Crippen LogP contribution in [0.1, 0.15) is 19.3 Å². The summed E-state index contributed by atoms with van der Waals surface area (Å²) in [6.45, 7) is 0.896. The fraction of sp³-hybridized carbons (Fsp3) is 0.545. The summed E-state index contributed by atoms with van der Waals surface area (Å²) >= 11 is 3.27. The molecule has 1 aliphatic rings. The molecule has 0 aromatic carbocycles. The van der Waals surface area contributed by atoms with Gasteiger partial charge in [0.15, 0.2) is 5.82 Å². The first-order chi connectivity index (χ1) is 8.57. The number of hydrogen-bond donors (Lipinski definition) is 2. The molecule has 5 nitrogen and oxygen atoms in total. The van der Waals surface area contributed by atoms with Gasteiger partial charge in [0.2, 0.25) is 10.0 Å². The van der Waals surface area contributed by atoms with Crippen LogP contribution in [0.2, 0.25) is 0 Å². The number of nitrogens with one attached hydrogen (secondary N) is 2. The van der Waals surface area contributed by atoms with Crippen LogP contribution in [-0.2, 0) is 10.0 Å². The van der Waals surface area contributed by atoms with Gasteiger partial charge < -0.3 is 5.32 Å². The highest BCUT2D eigenvalue weighted by Gasteiger charge is 2.21. The molecule has 0 aliphatic carbocycles. The molecule has 0 amide bonds. The molecule has 1 unspecified atom stereocenters. The minimum atomic E-state index is -3.36. The number of rotatable bonds is 4. The summed E-state index contributed by atoms with van der Waals surface area (Å²) in [6, 6.07) is 3.53. The Balaban J connectivity index is 2.01. The third-order valence-electron chi connectivity index (χ3n) is 2.84. The predicted molar refractivity (Wildman–Crippen MR) is 75.0 cm³/mol. The minimum absolute atomic E-state index is 0.0405. The number of sulfonamides is 1. The van der Waals surface area contributed by atoms with E-state index in [-0.39, 0.29) is 11.8 Å². The van der Waals surface area contributed by atoms with Crippen LogP contribution in [0.15, 0.2) is 22.8 Å². The number of pyridine rings is 1. The molecule has 0 bridgehead atoms. The third-order valence-corrected chi connectivity index (χ3v) is 4.83. The van der Waals surface area contributed by atoms with E-state index < -0.39 is 10.0 Å². The summed E-state index contributed by atoms with van der Waals surface area (Å²) in [7, 11) is -3.36. The Morgan fingerprint density at radius 3 is 3.00 bits per heavy atom. The van der Waals surface area contributed by atoms with Gasteiger partial charge in [-0.25, -0.2) is 13.4 Å². The molecule has 0 spiro atoms. The van der Waals surface area contributed by atoms with E-state index in [1.54, 1.807) is 18.3 Å². The largest absolute Gasteiger partial charge is 0.313 e. The number of halogens is 1. The lowest BCUT2D eigenvalue weighted by Crippen LogP contribution is -2.40. The zero-order valence-corrected chi connectivity index (χ0v) is 12.3. The number of aromatic nitrogens is 1. The second kappa shape index (κ2) is 5.99. The van der Waals surface area contributed by atoms with Gasteiger partial charge in [-0.1, -0.05) is 6.42 Å². The van der Waals surface area contributed by atoms with E-state index in [1.807, 2.05) is 0 Å². The van der Waals surface area contributed by atoms with E-state index in [0.717, 1.165) is 25.8 Å². The molecule has 1 atom stereocenters. The Bertz CT molecular complexity index is 501. The van der Waals surface area contributed by atoms with Crippen molar-refractivity contribution in [1.82, 2.24) is 10.3 Å². The highest BCUT2D eigenvalue weighted by Crippen LogP contribution is 2.20. The standard InChI is InChI=1S/C11H16BrN3O2S/c12-10-5-3-7-14-11(10)15-18(16,17)8-9-4-1-2-6-13-9/h3,5,7,9,13H,1-2,4,6,8H2,(H,14,15). The van der Waals surface area contributed by atoms with Crippen LogP contribution >= 0.6 is 15.9 Å². The van der Waals surface area contributed by atoms with Crippen LogP contribution in [0.25, 0.3) is 0 Å². The normalized spacial score (nSPS) is 20.6. The zero-order chi connectivity index (χ0) is 13.0. The van der Waals surface area contributed by atoms with E-state index in [9.17, 15) is 8.42 Å². The van der Waals surface area contributed by atoms with E-state index in [0.29, 0.717) is 10.3 Å². The van der Waals surface area contributed by atoms with E-state index in [1.165, 1.54) is 0 Å². The Morgan fingerprint density at radius 1 is 1.50 bits per heavy atom. The minimum Gasteiger partial charge on any atom is -0.313 e. The van der Waals surface area contributed by atoms with Crippen molar-refractivity contribution in [3.63, 3.8) is 0 Å². The molecule has 1 saturated heterocycles. The fourth-order valence-electron chi connectivity index (χ4n) is 1.98. The Hall–Kier alpha value is -0.660. The molecule has 2 N–H and O–H groups in total. The molecule has 7 heteroatoms. The lowest BCUT2D eigenvalue weighted by Gasteiger charge is -2.23. The van der Waals surface area contributed by atoms with Crippen molar-refractivity contribution in [3.05, 3.63) is 22.8 Å². The highest BCUT2D eigenvalue weighted by molar-refractivity contribution is 9.10. The first-order valence-electron chi connectivity index (χ1n) is 5.91. The zero-order valence-electron chi connectivity index (χ0n) is 9.89. The predicted octanol–water partition coefficient (Wildman–Crippen LogP) is 1.73. The molecule has 2 heterocycles. The first-order valence-corrected chi connectivity index (χ1v) is 8.36. The first kappa shape index (κ1) is 13.8. The van der Waals surface area contributed by atoms with Crippen LogP contribution < -0.4 is 10.0 Å². The summed E-state index contributed by atoms with van der Waals surface area (Å²) < 4.78 is 27.2. The Labute approximate surface area is 116 Å². The molecule has 100 valence electrons. The molecule has 0 saturated carbocycles. The van der Waals surface area contributed by atoms with Crippen LogP contribution in [0.4, 0.5) is 5.82 Å². The number of nitrogens with zero attached hydrogens (tertiary/aromatic N) is 1. The van der Waals surface area contributed by atoms with Gasteiger partial charge >= 0.3 is 0 Å². The molecular formula is C11H16BrN3O2S. The molecule has 1 aromatic rings. The summed E-state index contributed by atoms with van der Waals surface area (Å²) in [5, 5.41) is 3.22. The lowest BCUT2D eigenvalue weighted by atomic mass is 10.1. The van der Waals surface area contributed by atoms with Crippen LogP contribution in [0.5, 0.6) is 0 Å². The smallest absolute Gasteiger partial charge is 0.235 e. The van der Waals surface area contributed by atoms with E-state index in [2.05, 4.69) is 31.0 Å². The van der Waals surface area contributed by atoms with Crippen molar-refractivity contribution in [2.75, 3.05) is 17.0 Å². The third kappa shape index (κ3) is 3.93. The van der Waals surface area contributed by atoms with Gasteiger partial charge in [0.1, 0.15) is 0 Å². The molecule has 1 fully saturated rings. The van der Waals surface area contributed by atoms with Crippen molar-refractivity contribution in [2.45, 2.75) is 25.3 Å². The van der Waals surface area contributed by atoms with Crippen molar-refractivity contribution in [1.29, 1.82) is 0 Å². The van der Waals surface area contributed by atoms with Gasteiger partial charge in [-0.05, 0) is 47.4 Å². The van der Waals surface area contributed by atoms with E-state index >= 15 is 0 Å². The summed E-state index contributed by atoms with van der Waals surface area (Å²) in [6.07, 6.45) is 4.67. The summed E-state index contributed by atoms with van der Waals surface area (Å²) in [5.74, 6) is 0.434. The maximum atomic E-state index is 12.0. The number of piperidine rings is 1. The molecule has 2 rings (SSSR count). The average molecular weight is 334 g/mol. The Kier molecular flexibility index (Phi) is 4.58. The van der Waals surface area contributed by atoms with Crippen LogP contribution in [0.3, 0.4) is 0 Å². The van der Waals surface area contributed by atoms with Crippen LogP contribution in [0, 0.1) is 0 Å². The fourth-order valence-corrected chi connectivity index (χ4v) is 3.82. The maximum absolute atomic E-state index is 12.0. The summed E-state index contributed by atoms with van der Waals surface area (Å²) in [4.78, 5) is 4.00. The van der Waals surface area contributed by atoms with Crippen molar-refractivity contribution < 1.29 is 8.42 Å². The van der Waals surface area contributed by atoms with Crippen molar-refractivity contribution in [3.8, 4) is 0 Å². The molecule has 18 heavy (non-hydrogen) atoms. The van der Waals surface area contributed by atoms with Gasteiger partial charge in [0.25, 0.3) is 0 Å². The highest BCUT2D eigenvalue weighted by atomic mass is 79.9. The van der Waals surface area contributed by atoms with Gasteiger partial charge in [-0.2, -0.15) is 0 Å². The molecular weight excluding hydrogens is 318 g/mol.